The summed E-state index contributed by atoms with van der Waals surface area (Å²) in [5.41, 5.74) is 3.89. The number of aliphatic carboxylic acids is 1. The van der Waals surface area contributed by atoms with Crippen molar-refractivity contribution in [3.05, 3.63) is 82.2 Å². The van der Waals surface area contributed by atoms with Crippen molar-refractivity contribution in [1.82, 2.24) is 10.2 Å². The summed E-state index contributed by atoms with van der Waals surface area (Å²) in [5.74, 6) is -0.670. The fourth-order valence-electron chi connectivity index (χ4n) is 3.53. The van der Waals surface area contributed by atoms with Gasteiger partial charge in [-0.15, -0.1) is 11.8 Å². The zero-order valence-corrected chi connectivity index (χ0v) is 18.8. The lowest BCUT2D eigenvalue weighted by molar-refractivity contribution is -0.138. The molecular formula is C24H25F3N2O2S. The Hall–Kier alpha value is -2.74. The highest BCUT2D eigenvalue weighted by Gasteiger charge is 2.31. The number of H-pyrrole nitrogens is 1. The van der Waals surface area contributed by atoms with Crippen LogP contribution in [0.25, 0.3) is 0 Å². The highest BCUT2D eigenvalue weighted by molar-refractivity contribution is 7.99. The summed E-state index contributed by atoms with van der Waals surface area (Å²) in [5, 5.41) is 15.9. The van der Waals surface area contributed by atoms with Gasteiger partial charge in [-0.1, -0.05) is 32.0 Å². The van der Waals surface area contributed by atoms with Crippen molar-refractivity contribution >= 4 is 17.7 Å². The molecule has 0 spiro atoms. The third-order valence-electron chi connectivity index (χ3n) is 5.28. The van der Waals surface area contributed by atoms with Gasteiger partial charge in [-0.25, -0.2) is 0 Å². The summed E-state index contributed by atoms with van der Waals surface area (Å²) < 4.78 is 39.1. The van der Waals surface area contributed by atoms with Crippen molar-refractivity contribution in [2.24, 2.45) is 0 Å². The third kappa shape index (κ3) is 5.73. The van der Waals surface area contributed by atoms with Crippen molar-refractivity contribution in [1.29, 1.82) is 0 Å². The van der Waals surface area contributed by atoms with Crippen LogP contribution < -0.4 is 0 Å². The van der Waals surface area contributed by atoms with Gasteiger partial charge in [0.2, 0.25) is 0 Å². The molecule has 0 fully saturated rings. The van der Waals surface area contributed by atoms with Crippen LogP contribution in [0.5, 0.6) is 0 Å². The number of hydrogen-bond acceptors (Lipinski definition) is 3. The van der Waals surface area contributed by atoms with Gasteiger partial charge in [-0.3, -0.25) is 9.89 Å². The molecule has 0 saturated heterocycles. The van der Waals surface area contributed by atoms with Gasteiger partial charge in [-0.2, -0.15) is 18.3 Å². The van der Waals surface area contributed by atoms with Crippen LogP contribution in [0.4, 0.5) is 13.2 Å². The summed E-state index contributed by atoms with van der Waals surface area (Å²) in [7, 11) is 0. The van der Waals surface area contributed by atoms with E-state index in [2.05, 4.69) is 10.2 Å². The monoisotopic (exact) mass is 462 g/mol. The van der Waals surface area contributed by atoms with Crippen LogP contribution in [0.2, 0.25) is 0 Å². The second-order valence-electron chi connectivity index (χ2n) is 7.99. The fraction of sp³-hybridized carbons (Fsp3) is 0.333. The third-order valence-corrected chi connectivity index (χ3v) is 6.56. The smallest absolute Gasteiger partial charge is 0.416 e. The molecule has 0 aliphatic carbocycles. The number of benzene rings is 2. The largest absolute Gasteiger partial charge is 0.481 e. The molecule has 3 aromatic rings. The zero-order valence-electron chi connectivity index (χ0n) is 18.0. The number of hydrogen-bond donors (Lipinski definition) is 2. The maximum Gasteiger partial charge on any atom is 0.416 e. The average Bonchev–Trinajstić information content (AvgIpc) is 3.20. The minimum Gasteiger partial charge on any atom is -0.481 e. The van der Waals surface area contributed by atoms with Crippen LogP contribution in [0.1, 0.15) is 64.9 Å². The highest BCUT2D eigenvalue weighted by Crippen LogP contribution is 2.43. The molecule has 0 aliphatic rings. The second kappa shape index (κ2) is 9.81. The number of aromatic nitrogens is 2. The summed E-state index contributed by atoms with van der Waals surface area (Å²) in [6.07, 6.45) is -2.14. The van der Waals surface area contributed by atoms with Crippen LogP contribution >= 0.6 is 11.8 Å². The minimum absolute atomic E-state index is 0.0638. The molecule has 1 atom stereocenters. The molecule has 2 aromatic carbocycles. The van der Waals surface area contributed by atoms with Crippen molar-refractivity contribution in [2.45, 2.75) is 55.9 Å². The zero-order chi connectivity index (χ0) is 23.5. The molecule has 0 bridgehead atoms. The first-order valence-corrected chi connectivity index (χ1v) is 11.1. The van der Waals surface area contributed by atoms with Gasteiger partial charge in [0.1, 0.15) is 0 Å². The quantitative estimate of drug-likeness (QED) is 0.363. The molecule has 1 aromatic heterocycles. The molecule has 0 radical (unpaired) electrons. The van der Waals surface area contributed by atoms with Crippen molar-refractivity contribution in [2.75, 3.05) is 0 Å². The first kappa shape index (κ1) is 23.9. The van der Waals surface area contributed by atoms with Gasteiger partial charge < -0.3 is 5.11 Å². The number of aryl methyl sites for hydroxylation is 2. The fourth-order valence-corrected chi connectivity index (χ4v) is 4.81. The molecule has 8 heteroatoms. The first-order valence-electron chi connectivity index (χ1n) is 10.2. The number of rotatable bonds is 8. The van der Waals surface area contributed by atoms with Crippen LogP contribution in [0, 0.1) is 6.92 Å². The molecule has 1 unspecified atom stereocenters. The van der Waals surface area contributed by atoms with Gasteiger partial charge in [-0.05, 0) is 60.2 Å². The van der Waals surface area contributed by atoms with Crippen LogP contribution in [-0.2, 0) is 17.4 Å². The number of halogens is 3. The SMILES string of the molecule is Cc1cc(SC(c2ccc(C(F)(F)F)cc2)c2cn[nH]c2C(C)C)ccc1CCC(=O)O. The minimum atomic E-state index is -4.39. The Kier molecular flexibility index (Phi) is 7.33. The molecule has 0 saturated carbocycles. The molecule has 2 N–H and O–H groups in total. The first-order chi connectivity index (χ1) is 15.1. The topological polar surface area (TPSA) is 66.0 Å². The number of thioether (sulfide) groups is 1. The van der Waals surface area contributed by atoms with E-state index in [1.165, 1.54) is 23.9 Å². The van der Waals surface area contributed by atoms with Gasteiger partial charge in [0, 0.05) is 22.6 Å². The predicted octanol–water partition coefficient (Wildman–Crippen LogP) is 6.76. The number of carboxylic acid groups (broad SMARTS) is 1. The number of nitrogens with one attached hydrogen (secondary N) is 1. The Morgan fingerprint density at radius 1 is 1.16 bits per heavy atom. The summed E-state index contributed by atoms with van der Waals surface area (Å²) in [6.45, 7) is 6.01. The van der Waals surface area contributed by atoms with Gasteiger partial charge in [0.05, 0.1) is 17.0 Å². The van der Waals surface area contributed by atoms with Gasteiger partial charge >= 0.3 is 12.1 Å². The Bertz CT molecular complexity index is 1080. The van der Waals surface area contributed by atoms with E-state index < -0.39 is 17.7 Å². The summed E-state index contributed by atoms with van der Waals surface area (Å²) in [6, 6.07) is 11.1. The highest BCUT2D eigenvalue weighted by atomic mass is 32.2. The number of aromatic amines is 1. The number of nitrogens with zero attached hydrogens (tertiary/aromatic N) is 1. The molecule has 170 valence electrons. The van der Waals surface area contributed by atoms with Crippen molar-refractivity contribution < 1.29 is 23.1 Å². The molecule has 32 heavy (non-hydrogen) atoms. The van der Waals surface area contributed by atoms with E-state index in [-0.39, 0.29) is 17.6 Å². The van der Waals surface area contributed by atoms with E-state index in [1.807, 2.05) is 39.0 Å². The van der Waals surface area contributed by atoms with Crippen LogP contribution in [-0.4, -0.2) is 21.3 Å². The number of carboxylic acids is 1. The molecular weight excluding hydrogens is 437 g/mol. The Balaban J connectivity index is 1.96. The van der Waals surface area contributed by atoms with E-state index in [4.69, 9.17) is 5.11 Å². The Labute approximate surface area is 189 Å². The molecule has 4 nitrogen and oxygen atoms in total. The standard InChI is InChI=1S/C24H25F3N2O2S/c1-14(2)22-20(13-28-29-22)23(17-4-8-18(9-5-17)24(25,26)27)32-19-10-6-16(15(3)12-19)7-11-21(30)31/h4-6,8-10,12-14,23H,7,11H2,1-3H3,(H,28,29)(H,30,31). The van der Waals surface area contributed by atoms with E-state index >= 15 is 0 Å². The lowest BCUT2D eigenvalue weighted by atomic mass is 9.99. The van der Waals surface area contributed by atoms with Crippen molar-refractivity contribution in [3.63, 3.8) is 0 Å². The Morgan fingerprint density at radius 3 is 2.41 bits per heavy atom. The Morgan fingerprint density at radius 2 is 1.84 bits per heavy atom. The maximum atomic E-state index is 13.0. The summed E-state index contributed by atoms with van der Waals surface area (Å²) >= 11 is 1.53. The van der Waals surface area contributed by atoms with E-state index in [0.717, 1.165) is 45.0 Å². The van der Waals surface area contributed by atoms with Crippen LogP contribution in [0.15, 0.2) is 53.6 Å². The molecule has 1 heterocycles. The lowest BCUT2D eigenvalue weighted by Gasteiger charge is -2.20. The van der Waals surface area contributed by atoms with Gasteiger partial charge in [0.15, 0.2) is 0 Å². The van der Waals surface area contributed by atoms with E-state index in [0.29, 0.717) is 6.42 Å². The number of carbonyl (C=O) groups is 1. The lowest BCUT2D eigenvalue weighted by Crippen LogP contribution is -2.06. The average molecular weight is 463 g/mol. The second-order valence-corrected chi connectivity index (χ2v) is 9.17. The maximum absolute atomic E-state index is 13.0. The van der Waals surface area contributed by atoms with E-state index in [1.54, 1.807) is 6.20 Å². The number of alkyl halides is 3. The molecule has 0 aliphatic heterocycles. The van der Waals surface area contributed by atoms with Crippen LogP contribution in [0.3, 0.4) is 0 Å². The predicted molar refractivity (Wildman–Crippen MR) is 119 cm³/mol. The normalized spacial score (nSPS) is 12.8. The van der Waals surface area contributed by atoms with Gasteiger partial charge in [0.25, 0.3) is 0 Å². The van der Waals surface area contributed by atoms with Crippen molar-refractivity contribution in [3.8, 4) is 0 Å². The molecule has 3 rings (SSSR count). The van der Waals surface area contributed by atoms with E-state index in [9.17, 15) is 18.0 Å². The summed E-state index contributed by atoms with van der Waals surface area (Å²) in [4.78, 5) is 11.8. The molecule has 0 amide bonds.